The minimum atomic E-state index is -0.314. The van der Waals surface area contributed by atoms with Crippen molar-refractivity contribution in [2.45, 2.75) is 19.4 Å². The van der Waals surface area contributed by atoms with Crippen LogP contribution in [0.4, 0.5) is 10.1 Å². The van der Waals surface area contributed by atoms with Crippen molar-refractivity contribution in [3.05, 3.63) is 90.0 Å². The highest BCUT2D eigenvalue weighted by atomic mass is 19.1. The molecule has 132 valence electrons. The first-order valence-electron chi connectivity index (χ1n) is 8.32. The lowest BCUT2D eigenvalue weighted by Crippen LogP contribution is -2.19. The second kappa shape index (κ2) is 7.78. The van der Waals surface area contributed by atoms with Gasteiger partial charge in [-0.1, -0.05) is 24.3 Å². The van der Waals surface area contributed by atoms with Gasteiger partial charge in [-0.05, 0) is 48.9 Å². The first-order chi connectivity index (χ1) is 12.5. The Morgan fingerprint density at radius 2 is 1.73 bits per heavy atom. The van der Waals surface area contributed by atoms with Crippen LogP contribution in [-0.2, 0) is 4.79 Å². The van der Waals surface area contributed by atoms with E-state index in [0.717, 1.165) is 5.56 Å². The number of benzene rings is 2. The van der Waals surface area contributed by atoms with Crippen LogP contribution in [0.3, 0.4) is 0 Å². The molecule has 1 N–H and O–H groups in total. The summed E-state index contributed by atoms with van der Waals surface area (Å²) in [4.78, 5) is 24.0. The average molecular weight is 350 g/mol. The monoisotopic (exact) mass is 350 g/mol. The van der Waals surface area contributed by atoms with E-state index in [1.165, 1.54) is 19.1 Å². The molecular weight excluding hydrogens is 331 g/mol. The lowest BCUT2D eigenvalue weighted by molar-refractivity contribution is -0.116. The van der Waals surface area contributed by atoms with Gasteiger partial charge in [0.25, 0.3) is 0 Å². The van der Waals surface area contributed by atoms with Crippen LogP contribution in [0.25, 0.3) is 0 Å². The third-order valence-electron chi connectivity index (χ3n) is 4.17. The third-order valence-corrected chi connectivity index (χ3v) is 4.17. The predicted molar refractivity (Wildman–Crippen MR) is 98.7 cm³/mol. The van der Waals surface area contributed by atoms with Gasteiger partial charge < -0.3 is 9.88 Å². The minimum Gasteiger partial charge on any atom is -0.346 e. The second-order valence-corrected chi connectivity index (χ2v) is 6.09. The number of hydrogen-bond acceptors (Lipinski definition) is 2. The average Bonchev–Trinajstić information content (AvgIpc) is 3.15. The predicted octanol–water partition coefficient (Wildman–Crippen LogP) is 4.45. The molecule has 5 heteroatoms. The van der Waals surface area contributed by atoms with E-state index in [1.807, 2.05) is 29.1 Å². The maximum atomic E-state index is 13.2. The fraction of sp³-hybridized carbons (Fsp3) is 0.143. The molecule has 0 radical (unpaired) electrons. The van der Waals surface area contributed by atoms with Crippen LogP contribution in [0.5, 0.6) is 0 Å². The van der Waals surface area contributed by atoms with Crippen molar-refractivity contribution in [3.63, 3.8) is 0 Å². The second-order valence-electron chi connectivity index (χ2n) is 6.09. The SMILES string of the molecule is CC(=O)c1cccc(NC(=O)C[C@H](c2ccc(F)cc2)n2cccc2)c1. The van der Waals surface area contributed by atoms with Gasteiger partial charge in [0.05, 0.1) is 12.5 Å². The molecule has 0 saturated carbocycles. The number of aromatic nitrogens is 1. The van der Waals surface area contributed by atoms with Gasteiger partial charge in [0.2, 0.25) is 5.91 Å². The Labute approximate surface area is 151 Å². The number of halogens is 1. The van der Waals surface area contributed by atoms with Gasteiger partial charge in [0.1, 0.15) is 5.82 Å². The maximum absolute atomic E-state index is 13.2. The first kappa shape index (κ1) is 17.6. The van der Waals surface area contributed by atoms with Crippen LogP contribution < -0.4 is 5.32 Å². The molecule has 3 aromatic rings. The molecule has 4 nitrogen and oxygen atoms in total. The highest BCUT2D eigenvalue weighted by molar-refractivity contribution is 5.97. The van der Waals surface area contributed by atoms with E-state index in [-0.39, 0.29) is 30.0 Å². The van der Waals surface area contributed by atoms with Crippen LogP contribution >= 0.6 is 0 Å². The van der Waals surface area contributed by atoms with Crippen molar-refractivity contribution < 1.29 is 14.0 Å². The Balaban J connectivity index is 1.78. The summed E-state index contributed by atoms with van der Waals surface area (Å²) in [7, 11) is 0. The van der Waals surface area contributed by atoms with E-state index in [1.54, 1.807) is 36.4 Å². The van der Waals surface area contributed by atoms with Crippen LogP contribution in [0, 0.1) is 5.82 Å². The molecule has 26 heavy (non-hydrogen) atoms. The van der Waals surface area contributed by atoms with Crippen LogP contribution in [0.15, 0.2) is 73.1 Å². The molecule has 1 atom stereocenters. The first-order valence-corrected chi connectivity index (χ1v) is 8.32. The Hall–Kier alpha value is -3.21. The van der Waals surface area contributed by atoms with Crippen molar-refractivity contribution >= 4 is 17.4 Å². The van der Waals surface area contributed by atoms with E-state index < -0.39 is 0 Å². The van der Waals surface area contributed by atoms with E-state index in [0.29, 0.717) is 11.3 Å². The highest BCUT2D eigenvalue weighted by Gasteiger charge is 2.18. The summed E-state index contributed by atoms with van der Waals surface area (Å²) in [5.74, 6) is -0.558. The number of hydrogen-bond donors (Lipinski definition) is 1. The quantitative estimate of drug-likeness (QED) is 0.668. The summed E-state index contributed by atoms with van der Waals surface area (Å²) >= 11 is 0. The molecule has 0 spiro atoms. The van der Waals surface area contributed by atoms with E-state index in [4.69, 9.17) is 0 Å². The molecule has 0 bridgehead atoms. The van der Waals surface area contributed by atoms with Gasteiger partial charge in [0.15, 0.2) is 5.78 Å². The number of Topliss-reactive ketones (excluding diaryl/α,β-unsaturated/α-hetero) is 1. The largest absolute Gasteiger partial charge is 0.346 e. The molecule has 1 amide bonds. The number of carbonyl (C=O) groups excluding carboxylic acids is 2. The van der Waals surface area contributed by atoms with Crippen LogP contribution in [-0.4, -0.2) is 16.3 Å². The summed E-state index contributed by atoms with van der Waals surface area (Å²) in [6.45, 7) is 1.48. The molecule has 3 rings (SSSR count). The summed E-state index contributed by atoms with van der Waals surface area (Å²) in [6.07, 6.45) is 3.93. The van der Waals surface area contributed by atoms with Crippen molar-refractivity contribution in [2.24, 2.45) is 0 Å². The lowest BCUT2D eigenvalue weighted by atomic mass is 10.0. The number of carbonyl (C=O) groups is 2. The van der Waals surface area contributed by atoms with Crippen molar-refractivity contribution in [1.29, 1.82) is 0 Å². The van der Waals surface area contributed by atoms with Crippen molar-refractivity contribution in [1.82, 2.24) is 4.57 Å². The summed E-state index contributed by atoms with van der Waals surface area (Å²) in [5.41, 5.74) is 1.96. The van der Waals surface area contributed by atoms with E-state index in [2.05, 4.69) is 5.32 Å². The van der Waals surface area contributed by atoms with Crippen LogP contribution in [0.1, 0.15) is 35.3 Å². The Morgan fingerprint density at radius 1 is 1.04 bits per heavy atom. The van der Waals surface area contributed by atoms with Gasteiger partial charge in [0, 0.05) is 23.6 Å². The Morgan fingerprint density at radius 3 is 2.38 bits per heavy atom. The molecule has 0 saturated heterocycles. The van der Waals surface area contributed by atoms with Gasteiger partial charge in [-0.25, -0.2) is 4.39 Å². The number of anilines is 1. The van der Waals surface area contributed by atoms with Gasteiger partial charge >= 0.3 is 0 Å². The zero-order valence-electron chi connectivity index (χ0n) is 14.4. The van der Waals surface area contributed by atoms with Gasteiger partial charge in [-0.15, -0.1) is 0 Å². The molecular formula is C21H19FN2O2. The standard InChI is InChI=1S/C21H19FN2O2/c1-15(25)17-5-4-6-19(13-17)23-21(26)14-20(24-11-2-3-12-24)16-7-9-18(22)10-8-16/h2-13,20H,14H2,1H3,(H,23,26)/t20-/m1/s1. The molecule has 1 heterocycles. The molecule has 2 aromatic carbocycles. The fourth-order valence-electron chi connectivity index (χ4n) is 2.84. The van der Waals surface area contributed by atoms with E-state index >= 15 is 0 Å². The highest BCUT2D eigenvalue weighted by Crippen LogP contribution is 2.23. The summed E-state index contributed by atoms with van der Waals surface area (Å²) < 4.78 is 15.1. The molecule has 0 aliphatic heterocycles. The molecule has 0 aliphatic carbocycles. The smallest absolute Gasteiger partial charge is 0.226 e. The number of nitrogens with one attached hydrogen (secondary N) is 1. The van der Waals surface area contributed by atoms with E-state index in [9.17, 15) is 14.0 Å². The van der Waals surface area contributed by atoms with Crippen molar-refractivity contribution in [3.8, 4) is 0 Å². The molecule has 1 aromatic heterocycles. The molecule has 0 aliphatic rings. The summed E-state index contributed by atoms with van der Waals surface area (Å²) in [6, 6.07) is 16.5. The number of amides is 1. The Kier molecular flexibility index (Phi) is 5.27. The maximum Gasteiger partial charge on any atom is 0.226 e. The number of ketones is 1. The molecule has 0 unspecified atom stereocenters. The molecule has 0 fully saturated rings. The topological polar surface area (TPSA) is 51.1 Å². The fourth-order valence-corrected chi connectivity index (χ4v) is 2.84. The normalized spacial score (nSPS) is 11.8. The minimum absolute atomic E-state index is 0.0578. The Bertz CT molecular complexity index is 902. The van der Waals surface area contributed by atoms with Gasteiger partial charge in [-0.2, -0.15) is 0 Å². The lowest BCUT2D eigenvalue weighted by Gasteiger charge is -2.19. The number of nitrogens with zero attached hydrogens (tertiary/aromatic N) is 1. The number of rotatable bonds is 6. The van der Waals surface area contributed by atoms with Gasteiger partial charge in [-0.3, -0.25) is 9.59 Å². The zero-order valence-corrected chi connectivity index (χ0v) is 14.4. The third kappa shape index (κ3) is 4.25. The zero-order chi connectivity index (χ0) is 18.5. The summed E-state index contributed by atoms with van der Waals surface area (Å²) in [5, 5.41) is 2.83. The van der Waals surface area contributed by atoms with Crippen LogP contribution in [0.2, 0.25) is 0 Å². The van der Waals surface area contributed by atoms with Crippen molar-refractivity contribution in [2.75, 3.05) is 5.32 Å².